The zero-order valence-electron chi connectivity index (χ0n) is 19.1. The van der Waals surface area contributed by atoms with Crippen LogP contribution in [-0.4, -0.2) is 66.0 Å². The van der Waals surface area contributed by atoms with Gasteiger partial charge in [-0.3, -0.25) is 14.6 Å². The van der Waals surface area contributed by atoms with Crippen molar-refractivity contribution in [3.8, 4) is 11.1 Å². The fourth-order valence-corrected chi connectivity index (χ4v) is 4.28. The second-order valence-corrected chi connectivity index (χ2v) is 8.64. The fourth-order valence-electron chi connectivity index (χ4n) is 4.28. The third-order valence-electron chi connectivity index (χ3n) is 5.96. The zero-order chi connectivity index (χ0) is 23.3. The van der Waals surface area contributed by atoms with E-state index in [4.69, 9.17) is 4.74 Å². The molecule has 33 heavy (non-hydrogen) atoms. The lowest BCUT2D eigenvalue weighted by atomic mass is 9.89. The highest BCUT2D eigenvalue weighted by Gasteiger charge is 2.45. The van der Waals surface area contributed by atoms with E-state index in [1.165, 1.54) is 0 Å². The van der Waals surface area contributed by atoms with E-state index in [-0.39, 0.29) is 24.8 Å². The van der Waals surface area contributed by atoms with Crippen molar-refractivity contribution >= 4 is 11.8 Å². The van der Waals surface area contributed by atoms with Gasteiger partial charge in [0, 0.05) is 39.5 Å². The first-order valence-electron chi connectivity index (χ1n) is 11.1. The summed E-state index contributed by atoms with van der Waals surface area (Å²) in [6, 6.07) is 22.1. The molecule has 1 saturated heterocycles. The second kappa shape index (κ2) is 9.96. The Labute approximate surface area is 194 Å². The maximum Gasteiger partial charge on any atom is 0.256 e. The first-order chi connectivity index (χ1) is 16.0. The highest BCUT2D eigenvalue weighted by molar-refractivity contribution is 5.87. The van der Waals surface area contributed by atoms with Crippen molar-refractivity contribution < 1.29 is 14.3 Å². The Morgan fingerprint density at radius 2 is 1.70 bits per heavy atom. The van der Waals surface area contributed by atoms with Crippen LogP contribution in [0.3, 0.4) is 0 Å². The third-order valence-corrected chi connectivity index (χ3v) is 5.96. The number of carbonyl (C=O) groups excluding carboxylic acids is 2. The molecule has 1 aromatic heterocycles. The normalized spacial score (nSPS) is 18.1. The molecular formula is C27H29N3O3. The molecule has 1 aliphatic rings. The van der Waals surface area contributed by atoms with Gasteiger partial charge in [-0.05, 0) is 28.3 Å². The first-order valence-corrected chi connectivity index (χ1v) is 11.1. The van der Waals surface area contributed by atoms with Gasteiger partial charge in [0.2, 0.25) is 5.91 Å². The van der Waals surface area contributed by atoms with Crippen molar-refractivity contribution in [3.63, 3.8) is 0 Å². The highest BCUT2D eigenvalue weighted by Crippen LogP contribution is 2.27. The maximum atomic E-state index is 13.3. The lowest BCUT2D eigenvalue weighted by Crippen LogP contribution is -2.62. The summed E-state index contributed by atoms with van der Waals surface area (Å²) in [4.78, 5) is 33.7. The molecule has 2 aromatic carbocycles. The second-order valence-electron chi connectivity index (χ2n) is 8.64. The summed E-state index contributed by atoms with van der Waals surface area (Å²) in [5.74, 6) is -0.157. The number of likely N-dealkylation sites (N-methyl/N-ethyl adjacent to an activating group) is 1. The third kappa shape index (κ3) is 5.29. The molecule has 0 spiro atoms. The fraction of sp³-hybridized carbons (Fsp3) is 0.296. The number of aromatic nitrogens is 1. The Kier molecular flexibility index (Phi) is 6.84. The zero-order valence-corrected chi connectivity index (χ0v) is 19.1. The van der Waals surface area contributed by atoms with Gasteiger partial charge in [0.05, 0.1) is 19.6 Å². The van der Waals surface area contributed by atoms with Gasteiger partial charge in [0.1, 0.15) is 0 Å². The molecular weight excluding hydrogens is 414 g/mol. The number of hydrogen-bond acceptors (Lipinski definition) is 4. The van der Waals surface area contributed by atoms with Gasteiger partial charge >= 0.3 is 0 Å². The number of nitrogens with zero attached hydrogens (tertiary/aromatic N) is 3. The molecule has 0 unspecified atom stereocenters. The standard InChI is InChI=1S/C27H29N3O3/c1-29(2)26(32)27(18-21-10-12-24(13-11-21)23-8-4-3-5-9-23)20-30(15-16-33-27)25(31)17-22-7-6-14-28-19-22/h3-14,19H,15-18,20H2,1-2H3/t27-/m0/s1. The van der Waals surface area contributed by atoms with Crippen LogP contribution in [0.25, 0.3) is 11.1 Å². The summed E-state index contributed by atoms with van der Waals surface area (Å²) in [7, 11) is 3.45. The van der Waals surface area contributed by atoms with Crippen LogP contribution in [0, 0.1) is 0 Å². The minimum Gasteiger partial charge on any atom is -0.361 e. The Morgan fingerprint density at radius 1 is 0.970 bits per heavy atom. The van der Waals surface area contributed by atoms with Crippen LogP contribution < -0.4 is 0 Å². The number of rotatable bonds is 6. The summed E-state index contributed by atoms with van der Waals surface area (Å²) in [6.45, 7) is 1.01. The van der Waals surface area contributed by atoms with Crippen molar-refractivity contribution in [2.75, 3.05) is 33.8 Å². The Morgan fingerprint density at radius 3 is 2.36 bits per heavy atom. The number of hydrogen-bond donors (Lipinski definition) is 0. The minimum atomic E-state index is -1.11. The summed E-state index contributed by atoms with van der Waals surface area (Å²) >= 11 is 0. The van der Waals surface area contributed by atoms with Crippen LogP contribution in [0.5, 0.6) is 0 Å². The van der Waals surface area contributed by atoms with E-state index in [0.717, 1.165) is 22.3 Å². The van der Waals surface area contributed by atoms with Gasteiger partial charge in [0.25, 0.3) is 5.91 Å². The van der Waals surface area contributed by atoms with E-state index in [1.54, 1.807) is 36.3 Å². The predicted octanol–water partition coefficient (Wildman–Crippen LogP) is 3.22. The molecule has 1 aliphatic heterocycles. The van der Waals surface area contributed by atoms with E-state index < -0.39 is 5.60 Å². The quantitative estimate of drug-likeness (QED) is 0.587. The molecule has 6 heteroatoms. The largest absolute Gasteiger partial charge is 0.361 e. The van der Waals surface area contributed by atoms with Gasteiger partial charge < -0.3 is 14.5 Å². The Hall–Kier alpha value is -3.51. The predicted molar refractivity (Wildman–Crippen MR) is 127 cm³/mol. The van der Waals surface area contributed by atoms with Crippen LogP contribution >= 0.6 is 0 Å². The van der Waals surface area contributed by atoms with Gasteiger partial charge in [-0.25, -0.2) is 0 Å². The molecule has 2 amide bonds. The number of morpholine rings is 1. The van der Waals surface area contributed by atoms with Crippen LogP contribution in [0.4, 0.5) is 0 Å². The lowest BCUT2D eigenvalue weighted by molar-refractivity contribution is -0.172. The minimum absolute atomic E-state index is 0.0262. The van der Waals surface area contributed by atoms with Gasteiger partial charge in [-0.2, -0.15) is 0 Å². The molecule has 4 rings (SSSR count). The monoisotopic (exact) mass is 443 g/mol. The molecule has 3 aromatic rings. The molecule has 1 fully saturated rings. The van der Waals surface area contributed by atoms with Crippen molar-refractivity contribution in [3.05, 3.63) is 90.3 Å². The van der Waals surface area contributed by atoms with E-state index in [9.17, 15) is 9.59 Å². The van der Waals surface area contributed by atoms with Crippen LogP contribution in [0.15, 0.2) is 79.1 Å². The molecule has 0 radical (unpaired) electrons. The van der Waals surface area contributed by atoms with Crippen LogP contribution in [-0.2, 0) is 27.2 Å². The topological polar surface area (TPSA) is 62.7 Å². The molecule has 170 valence electrons. The summed E-state index contributed by atoms with van der Waals surface area (Å²) in [5.41, 5.74) is 3.00. The van der Waals surface area contributed by atoms with E-state index in [1.807, 2.05) is 42.5 Å². The number of amides is 2. The van der Waals surface area contributed by atoms with Gasteiger partial charge in [0.15, 0.2) is 5.60 Å². The maximum absolute atomic E-state index is 13.3. The van der Waals surface area contributed by atoms with Crippen molar-refractivity contribution in [1.29, 1.82) is 0 Å². The van der Waals surface area contributed by atoms with Crippen LogP contribution in [0.1, 0.15) is 11.1 Å². The average molecular weight is 444 g/mol. The van der Waals surface area contributed by atoms with Crippen LogP contribution in [0.2, 0.25) is 0 Å². The number of ether oxygens (including phenoxy) is 1. The molecule has 2 heterocycles. The van der Waals surface area contributed by atoms with Gasteiger partial charge in [-0.1, -0.05) is 60.7 Å². The van der Waals surface area contributed by atoms with E-state index in [0.29, 0.717) is 19.6 Å². The SMILES string of the molecule is CN(C)C(=O)[C@]1(Cc2ccc(-c3ccccc3)cc2)CN(C(=O)Cc2cccnc2)CCO1. The number of carbonyl (C=O) groups is 2. The van der Waals surface area contributed by atoms with Crippen molar-refractivity contribution in [2.24, 2.45) is 0 Å². The lowest BCUT2D eigenvalue weighted by Gasteiger charge is -2.43. The smallest absolute Gasteiger partial charge is 0.256 e. The molecule has 0 saturated carbocycles. The summed E-state index contributed by atoms with van der Waals surface area (Å²) in [5, 5.41) is 0. The van der Waals surface area contributed by atoms with E-state index >= 15 is 0 Å². The van der Waals surface area contributed by atoms with Gasteiger partial charge in [-0.15, -0.1) is 0 Å². The summed E-state index contributed by atoms with van der Waals surface area (Å²) in [6.07, 6.45) is 4.04. The molecule has 6 nitrogen and oxygen atoms in total. The van der Waals surface area contributed by atoms with E-state index in [2.05, 4.69) is 29.2 Å². The molecule has 0 aliphatic carbocycles. The number of benzene rings is 2. The highest BCUT2D eigenvalue weighted by atomic mass is 16.5. The average Bonchev–Trinajstić information content (AvgIpc) is 2.85. The number of pyridine rings is 1. The molecule has 0 bridgehead atoms. The Balaban J connectivity index is 1.54. The van der Waals surface area contributed by atoms with Crippen molar-refractivity contribution in [2.45, 2.75) is 18.4 Å². The first kappa shape index (κ1) is 22.7. The van der Waals surface area contributed by atoms with Crippen molar-refractivity contribution in [1.82, 2.24) is 14.8 Å². The Bertz CT molecular complexity index is 1080. The molecule has 1 atom stereocenters. The summed E-state index contributed by atoms with van der Waals surface area (Å²) < 4.78 is 6.14. The molecule has 0 N–H and O–H groups in total.